The van der Waals surface area contributed by atoms with Gasteiger partial charge in [0.05, 0.1) is 11.3 Å². The Kier molecular flexibility index (Phi) is 4.62. The van der Waals surface area contributed by atoms with Gasteiger partial charge in [0.15, 0.2) is 5.65 Å². The van der Waals surface area contributed by atoms with Crippen LogP contribution in [0.2, 0.25) is 0 Å². The molecule has 1 fully saturated rings. The number of aromatic nitrogens is 3. The van der Waals surface area contributed by atoms with Crippen molar-refractivity contribution < 1.29 is 13.2 Å². The molecule has 1 aliphatic rings. The number of rotatable bonds is 3. The van der Waals surface area contributed by atoms with Crippen molar-refractivity contribution >= 4 is 22.8 Å². The molecule has 1 saturated carbocycles. The minimum Gasteiger partial charge on any atom is -0.382 e. The highest BCUT2D eigenvalue weighted by Gasteiger charge is 2.30. The molecule has 0 bridgehead atoms. The number of halogens is 3. The predicted molar refractivity (Wildman–Crippen MR) is 101 cm³/mol. The zero-order chi connectivity index (χ0) is 19.9. The van der Waals surface area contributed by atoms with E-state index in [9.17, 15) is 13.2 Å². The van der Waals surface area contributed by atoms with Crippen molar-refractivity contribution in [2.45, 2.75) is 43.8 Å². The predicted octanol–water partition coefficient (Wildman–Crippen LogP) is 4.06. The van der Waals surface area contributed by atoms with Gasteiger partial charge in [0.25, 0.3) is 0 Å². The fraction of sp³-hybridized carbons (Fsp3) is 0.368. The van der Waals surface area contributed by atoms with Gasteiger partial charge in [-0.15, -0.1) is 5.10 Å². The SMILES string of the molecule is Nc1nn2ccnc2c(Nc2ccc(C(F)(F)F)cc2)c1C1CCC(N)CC1. The first-order chi connectivity index (χ1) is 13.3. The van der Waals surface area contributed by atoms with E-state index in [2.05, 4.69) is 15.4 Å². The molecule has 0 amide bonds. The fourth-order valence-electron chi connectivity index (χ4n) is 3.81. The number of benzene rings is 1. The Morgan fingerprint density at radius 3 is 2.39 bits per heavy atom. The molecular weight excluding hydrogens is 369 g/mol. The summed E-state index contributed by atoms with van der Waals surface area (Å²) in [4.78, 5) is 4.36. The number of hydrogen-bond acceptors (Lipinski definition) is 5. The van der Waals surface area contributed by atoms with E-state index in [-0.39, 0.29) is 12.0 Å². The molecule has 0 saturated heterocycles. The van der Waals surface area contributed by atoms with Gasteiger partial charge >= 0.3 is 6.18 Å². The summed E-state index contributed by atoms with van der Waals surface area (Å²) in [6.07, 6.45) is 2.47. The van der Waals surface area contributed by atoms with Crippen LogP contribution in [0.25, 0.3) is 5.65 Å². The second kappa shape index (κ2) is 6.97. The molecule has 2 aromatic heterocycles. The van der Waals surface area contributed by atoms with Crippen molar-refractivity contribution in [3.05, 3.63) is 47.8 Å². The van der Waals surface area contributed by atoms with Gasteiger partial charge in [0, 0.05) is 29.7 Å². The monoisotopic (exact) mass is 390 g/mol. The topological polar surface area (TPSA) is 94.3 Å². The number of nitrogens with two attached hydrogens (primary N) is 2. The van der Waals surface area contributed by atoms with Crippen molar-refractivity contribution in [3.63, 3.8) is 0 Å². The molecule has 4 rings (SSSR count). The molecule has 5 N–H and O–H groups in total. The average Bonchev–Trinajstić information content (AvgIpc) is 3.11. The lowest BCUT2D eigenvalue weighted by Gasteiger charge is -2.28. The minimum atomic E-state index is -4.37. The first kappa shape index (κ1) is 18.5. The summed E-state index contributed by atoms with van der Waals surface area (Å²) < 4.78 is 40.1. The highest BCUT2D eigenvalue weighted by molar-refractivity contribution is 5.80. The van der Waals surface area contributed by atoms with E-state index < -0.39 is 11.7 Å². The minimum absolute atomic E-state index is 0.172. The van der Waals surface area contributed by atoms with Gasteiger partial charge in [-0.2, -0.15) is 13.2 Å². The van der Waals surface area contributed by atoms with Crippen molar-refractivity contribution in [2.75, 3.05) is 11.1 Å². The van der Waals surface area contributed by atoms with Gasteiger partial charge in [-0.25, -0.2) is 9.50 Å². The van der Waals surface area contributed by atoms with Crippen molar-refractivity contribution in [2.24, 2.45) is 5.73 Å². The van der Waals surface area contributed by atoms with E-state index in [0.29, 0.717) is 22.8 Å². The average molecular weight is 390 g/mol. The number of nitrogen functional groups attached to an aromatic ring is 1. The van der Waals surface area contributed by atoms with Gasteiger partial charge in [0.1, 0.15) is 5.82 Å². The van der Waals surface area contributed by atoms with E-state index in [1.165, 1.54) is 12.1 Å². The third-order valence-corrected chi connectivity index (χ3v) is 5.27. The van der Waals surface area contributed by atoms with Crippen molar-refractivity contribution in [1.82, 2.24) is 14.6 Å². The lowest BCUT2D eigenvalue weighted by Crippen LogP contribution is -2.26. The van der Waals surface area contributed by atoms with Crippen LogP contribution in [0.3, 0.4) is 0 Å². The molecule has 6 nitrogen and oxygen atoms in total. The summed E-state index contributed by atoms with van der Waals surface area (Å²) in [5, 5.41) is 7.62. The van der Waals surface area contributed by atoms with Crippen LogP contribution >= 0.6 is 0 Å². The van der Waals surface area contributed by atoms with Gasteiger partial charge < -0.3 is 16.8 Å². The second-order valence-corrected chi connectivity index (χ2v) is 7.18. The highest BCUT2D eigenvalue weighted by Crippen LogP contribution is 2.41. The number of anilines is 3. The first-order valence-electron chi connectivity index (χ1n) is 9.15. The summed E-state index contributed by atoms with van der Waals surface area (Å²) in [6.45, 7) is 0. The Morgan fingerprint density at radius 1 is 1.07 bits per heavy atom. The van der Waals surface area contributed by atoms with Gasteiger partial charge in [-0.05, 0) is 55.9 Å². The van der Waals surface area contributed by atoms with Crippen LogP contribution < -0.4 is 16.8 Å². The third-order valence-electron chi connectivity index (χ3n) is 5.27. The maximum atomic E-state index is 12.8. The van der Waals surface area contributed by atoms with E-state index in [0.717, 1.165) is 43.4 Å². The summed E-state index contributed by atoms with van der Waals surface area (Å²) in [7, 11) is 0. The first-order valence-corrected chi connectivity index (χ1v) is 9.15. The Balaban J connectivity index is 1.74. The Hall–Kier alpha value is -2.81. The van der Waals surface area contributed by atoms with E-state index in [1.807, 2.05) is 0 Å². The standard InChI is InChI=1S/C19H21F3N6/c20-19(21,22)12-3-7-14(8-4-12)26-16-15(11-1-5-13(23)6-2-11)17(24)27-28-10-9-25-18(16)28/h3-4,7-11,13,26H,1-2,5-6,23H2,(H2,24,27). The van der Waals surface area contributed by atoms with Crippen LogP contribution in [-0.2, 0) is 6.18 Å². The van der Waals surface area contributed by atoms with Crippen LogP contribution in [0.1, 0.15) is 42.7 Å². The van der Waals surface area contributed by atoms with E-state index in [1.54, 1.807) is 16.9 Å². The molecule has 0 radical (unpaired) electrons. The van der Waals surface area contributed by atoms with Crippen molar-refractivity contribution in [1.29, 1.82) is 0 Å². The second-order valence-electron chi connectivity index (χ2n) is 7.18. The Morgan fingerprint density at radius 2 is 1.75 bits per heavy atom. The van der Waals surface area contributed by atoms with Gasteiger partial charge in [0.2, 0.25) is 0 Å². The molecule has 0 atom stereocenters. The van der Waals surface area contributed by atoms with Crippen molar-refractivity contribution in [3.8, 4) is 0 Å². The molecule has 1 aliphatic carbocycles. The van der Waals surface area contributed by atoms with Crippen LogP contribution in [-0.4, -0.2) is 20.6 Å². The lowest BCUT2D eigenvalue weighted by atomic mass is 9.81. The number of alkyl halides is 3. The Labute approximate surface area is 159 Å². The summed E-state index contributed by atoms with van der Waals surface area (Å²) in [5.74, 6) is 0.561. The smallest absolute Gasteiger partial charge is 0.382 e. The van der Waals surface area contributed by atoms with E-state index >= 15 is 0 Å². The molecule has 1 aromatic carbocycles. The van der Waals surface area contributed by atoms with Crippen LogP contribution in [0, 0.1) is 0 Å². The maximum absolute atomic E-state index is 12.8. The molecule has 9 heteroatoms. The summed E-state index contributed by atoms with van der Waals surface area (Å²) in [6, 6.07) is 5.09. The summed E-state index contributed by atoms with van der Waals surface area (Å²) >= 11 is 0. The maximum Gasteiger partial charge on any atom is 0.416 e. The molecule has 2 heterocycles. The molecule has 0 unspecified atom stereocenters. The van der Waals surface area contributed by atoms with Gasteiger partial charge in [-0.3, -0.25) is 0 Å². The van der Waals surface area contributed by atoms with Gasteiger partial charge in [-0.1, -0.05) is 0 Å². The summed E-state index contributed by atoms with van der Waals surface area (Å²) in [5.41, 5.74) is 14.2. The number of fused-ring (bicyclic) bond motifs is 1. The number of imidazole rings is 1. The highest BCUT2D eigenvalue weighted by atomic mass is 19.4. The third kappa shape index (κ3) is 3.49. The lowest BCUT2D eigenvalue weighted by molar-refractivity contribution is -0.137. The van der Waals surface area contributed by atoms with E-state index in [4.69, 9.17) is 11.5 Å². The normalized spacial score (nSPS) is 20.4. The molecular formula is C19H21F3N6. The van der Waals surface area contributed by atoms with Crippen LogP contribution in [0.5, 0.6) is 0 Å². The number of nitrogens with zero attached hydrogens (tertiary/aromatic N) is 3. The number of nitrogens with one attached hydrogen (secondary N) is 1. The largest absolute Gasteiger partial charge is 0.416 e. The number of hydrogen-bond donors (Lipinski definition) is 3. The molecule has 3 aromatic rings. The van der Waals surface area contributed by atoms with Crippen LogP contribution in [0.15, 0.2) is 36.7 Å². The fourth-order valence-corrected chi connectivity index (χ4v) is 3.81. The molecule has 0 spiro atoms. The zero-order valence-corrected chi connectivity index (χ0v) is 15.1. The Bertz CT molecular complexity index is 972. The molecule has 0 aliphatic heterocycles. The molecule has 28 heavy (non-hydrogen) atoms. The zero-order valence-electron chi connectivity index (χ0n) is 15.1. The quantitative estimate of drug-likeness (QED) is 0.627. The molecule has 148 valence electrons. The van der Waals surface area contributed by atoms with Crippen LogP contribution in [0.4, 0.5) is 30.4 Å².